The number of allylic oxidation sites excluding steroid dienone is 1. The molecule has 1 aliphatic carbocycles. The predicted octanol–water partition coefficient (Wildman–Crippen LogP) is 3.43. The fraction of sp³-hybridized carbons (Fsp3) is 0.238. The summed E-state index contributed by atoms with van der Waals surface area (Å²) < 4.78 is 0. The molecule has 1 aliphatic heterocycles. The van der Waals surface area contributed by atoms with Crippen LogP contribution in [-0.4, -0.2) is 18.1 Å². The number of carbonyl (C=O) groups excluding carboxylic acids is 2. The van der Waals surface area contributed by atoms with Crippen molar-refractivity contribution in [2.75, 3.05) is 4.90 Å². The van der Waals surface area contributed by atoms with Crippen LogP contribution >= 0.6 is 0 Å². The average molecular weight is 317 g/mol. The molecule has 0 saturated carbocycles. The van der Waals surface area contributed by atoms with Crippen molar-refractivity contribution in [2.24, 2.45) is 0 Å². The normalized spacial score (nSPS) is 24.5. The summed E-state index contributed by atoms with van der Waals surface area (Å²) in [5.74, 6) is 0.0557. The molecular weight excluding hydrogens is 298 g/mol. The lowest BCUT2D eigenvalue weighted by molar-refractivity contribution is -0.122. The molecule has 0 spiro atoms. The number of benzene rings is 2. The molecule has 0 bridgehead atoms. The first kappa shape index (κ1) is 14.9. The molecule has 2 atom stereocenters. The Morgan fingerprint density at radius 1 is 1.08 bits per heavy atom. The average Bonchev–Trinajstić information content (AvgIpc) is 3.01. The summed E-state index contributed by atoms with van der Waals surface area (Å²) in [6.45, 7) is 2.72. The van der Waals surface area contributed by atoms with E-state index >= 15 is 0 Å². The number of carbonyl (C=O) groups is 2. The first-order valence-corrected chi connectivity index (χ1v) is 8.25. The number of hydrogen-bond acceptors (Lipinski definition) is 3. The highest BCUT2D eigenvalue weighted by molar-refractivity contribution is 6.08. The number of ketones is 1. The largest absolute Gasteiger partial charge is 0.359 e. The molecule has 0 N–H and O–H groups in total. The van der Waals surface area contributed by atoms with Crippen LogP contribution in [0.2, 0.25) is 0 Å². The van der Waals surface area contributed by atoms with Crippen molar-refractivity contribution in [1.29, 1.82) is 0 Å². The highest BCUT2D eigenvalue weighted by Crippen LogP contribution is 2.53. The van der Waals surface area contributed by atoms with Crippen LogP contribution in [0.15, 0.2) is 66.2 Å². The minimum absolute atomic E-state index is 0.0557. The van der Waals surface area contributed by atoms with Crippen molar-refractivity contribution in [1.82, 2.24) is 0 Å². The first-order chi connectivity index (χ1) is 11.7. The van der Waals surface area contributed by atoms with E-state index in [0.717, 1.165) is 29.7 Å². The Bertz CT molecular complexity index is 840. The number of hydrogen-bond donors (Lipinski definition) is 0. The molecule has 3 nitrogen and oxygen atoms in total. The Morgan fingerprint density at radius 2 is 1.79 bits per heavy atom. The second-order valence-corrected chi connectivity index (χ2v) is 6.63. The van der Waals surface area contributed by atoms with E-state index in [9.17, 15) is 9.59 Å². The molecule has 1 heterocycles. The van der Waals surface area contributed by atoms with E-state index in [1.54, 1.807) is 6.08 Å². The highest BCUT2D eigenvalue weighted by Gasteiger charge is 2.58. The van der Waals surface area contributed by atoms with Crippen LogP contribution in [0.3, 0.4) is 0 Å². The van der Waals surface area contributed by atoms with Gasteiger partial charge in [-0.05, 0) is 35.8 Å². The zero-order valence-corrected chi connectivity index (χ0v) is 13.6. The Balaban J connectivity index is 1.87. The van der Waals surface area contributed by atoms with Gasteiger partial charge in [-0.1, -0.05) is 48.5 Å². The van der Waals surface area contributed by atoms with E-state index < -0.39 is 5.41 Å². The van der Waals surface area contributed by atoms with Crippen molar-refractivity contribution < 1.29 is 9.59 Å². The third kappa shape index (κ3) is 1.91. The SMILES string of the molecule is CC1=CC(=O)[C@@]2(CC=O)c3ccccc3N(Cc3ccccc3)[C@@H]12. The van der Waals surface area contributed by atoms with Crippen molar-refractivity contribution >= 4 is 17.8 Å². The molecular formula is C21H19NO2. The zero-order chi connectivity index (χ0) is 16.7. The molecule has 2 aliphatic rings. The molecule has 0 amide bonds. The molecule has 0 saturated heterocycles. The number of fused-ring (bicyclic) bond motifs is 3. The van der Waals surface area contributed by atoms with Gasteiger partial charge in [-0.3, -0.25) is 4.79 Å². The van der Waals surface area contributed by atoms with E-state index in [-0.39, 0.29) is 18.2 Å². The van der Waals surface area contributed by atoms with E-state index in [0.29, 0.717) is 0 Å². The van der Waals surface area contributed by atoms with Gasteiger partial charge in [0.05, 0.1) is 11.5 Å². The van der Waals surface area contributed by atoms with Crippen LogP contribution in [-0.2, 0) is 21.5 Å². The van der Waals surface area contributed by atoms with Crippen LogP contribution in [0.5, 0.6) is 0 Å². The lowest BCUT2D eigenvalue weighted by atomic mass is 9.73. The summed E-state index contributed by atoms with van der Waals surface area (Å²) in [6.07, 6.45) is 2.84. The smallest absolute Gasteiger partial charge is 0.169 e. The fourth-order valence-corrected chi connectivity index (χ4v) is 4.38. The third-order valence-corrected chi connectivity index (χ3v) is 5.30. The van der Waals surface area contributed by atoms with Gasteiger partial charge in [0.25, 0.3) is 0 Å². The Labute approximate surface area is 141 Å². The van der Waals surface area contributed by atoms with E-state index in [2.05, 4.69) is 23.1 Å². The maximum Gasteiger partial charge on any atom is 0.169 e. The van der Waals surface area contributed by atoms with Crippen LogP contribution in [0, 0.1) is 0 Å². The van der Waals surface area contributed by atoms with E-state index in [1.165, 1.54) is 5.56 Å². The summed E-state index contributed by atoms with van der Waals surface area (Å²) in [7, 11) is 0. The zero-order valence-electron chi connectivity index (χ0n) is 13.6. The standard InChI is InChI=1S/C21H19NO2/c1-15-13-19(24)21(11-12-23)17-9-5-6-10-18(17)22(20(15)21)14-16-7-3-2-4-8-16/h2-10,12-13,20H,11,14H2,1H3/t20-,21+/m0/s1. The monoisotopic (exact) mass is 317 g/mol. The second kappa shape index (κ2) is 5.45. The third-order valence-electron chi connectivity index (χ3n) is 5.30. The topological polar surface area (TPSA) is 37.4 Å². The minimum atomic E-state index is -0.753. The van der Waals surface area contributed by atoms with Gasteiger partial charge in [-0.25, -0.2) is 0 Å². The molecule has 0 unspecified atom stereocenters. The number of aldehydes is 1. The van der Waals surface area contributed by atoms with E-state index in [1.807, 2.05) is 43.3 Å². The van der Waals surface area contributed by atoms with Crippen LogP contribution in [0.25, 0.3) is 0 Å². The number of anilines is 1. The summed E-state index contributed by atoms with van der Waals surface area (Å²) in [5.41, 5.74) is 3.53. The van der Waals surface area contributed by atoms with Crippen molar-refractivity contribution in [3.05, 3.63) is 77.4 Å². The van der Waals surface area contributed by atoms with Crippen molar-refractivity contribution in [2.45, 2.75) is 31.3 Å². The summed E-state index contributed by atoms with van der Waals surface area (Å²) in [6, 6.07) is 18.2. The van der Waals surface area contributed by atoms with Gasteiger partial charge in [0.2, 0.25) is 0 Å². The van der Waals surface area contributed by atoms with Gasteiger partial charge in [-0.2, -0.15) is 0 Å². The van der Waals surface area contributed by atoms with Gasteiger partial charge in [0.1, 0.15) is 6.29 Å². The summed E-state index contributed by atoms with van der Waals surface area (Å²) >= 11 is 0. The van der Waals surface area contributed by atoms with Gasteiger partial charge >= 0.3 is 0 Å². The maximum absolute atomic E-state index is 12.9. The molecule has 0 fully saturated rings. The molecule has 0 radical (unpaired) electrons. The Morgan fingerprint density at radius 3 is 2.54 bits per heavy atom. The summed E-state index contributed by atoms with van der Waals surface area (Å²) in [5, 5.41) is 0. The first-order valence-electron chi connectivity index (χ1n) is 8.25. The van der Waals surface area contributed by atoms with Crippen LogP contribution < -0.4 is 4.90 Å². The predicted molar refractivity (Wildman–Crippen MR) is 94.0 cm³/mol. The van der Waals surface area contributed by atoms with Crippen LogP contribution in [0.1, 0.15) is 24.5 Å². The quantitative estimate of drug-likeness (QED) is 0.811. The number of nitrogens with zero attached hydrogens (tertiary/aromatic N) is 1. The summed E-state index contributed by atoms with van der Waals surface area (Å²) in [4.78, 5) is 26.6. The Kier molecular flexibility index (Phi) is 3.38. The van der Waals surface area contributed by atoms with Gasteiger partial charge in [0.15, 0.2) is 5.78 Å². The molecule has 24 heavy (non-hydrogen) atoms. The lowest BCUT2D eigenvalue weighted by Gasteiger charge is -2.33. The molecule has 0 aromatic heterocycles. The molecule has 2 aromatic rings. The fourth-order valence-electron chi connectivity index (χ4n) is 4.38. The molecule has 120 valence electrons. The molecule has 2 aromatic carbocycles. The Hall–Kier alpha value is -2.68. The van der Waals surface area contributed by atoms with Gasteiger partial charge < -0.3 is 9.69 Å². The number of para-hydroxylation sites is 1. The van der Waals surface area contributed by atoms with Gasteiger partial charge in [-0.15, -0.1) is 0 Å². The maximum atomic E-state index is 12.9. The second-order valence-electron chi connectivity index (χ2n) is 6.63. The van der Waals surface area contributed by atoms with Crippen molar-refractivity contribution in [3.8, 4) is 0 Å². The van der Waals surface area contributed by atoms with Gasteiger partial charge in [0, 0.05) is 18.7 Å². The van der Waals surface area contributed by atoms with Crippen molar-refractivity contribution in [3.63, 3.8) is 0 Å². The molecule has 3 heteroatoms. The number of rotatable bonds is 4. The van der Waals surface area contributed by atoms with E-state index in [4.69, 9.17) is 0 Å². The highest BCUT2D eigenvalue weighted by atomic mass is 16.1. The van der Waals surface area contributed by atoms with Crippen LogP contribution in [0.4, 0.5) is 5.69 Å². The lowest BCUT2D eigenvalue weighted by Crippen LogP contribution is -2.46. The minimum Gasteiger partial charge on any atom is -0.359 e. The molecule has 4 rings (SSSR count).